The molecule has 2 rings (SSSR count). The van der Waals surface area contributed by atoms with Crippen molar-refractivity contribution in [3.63, 3.8) is 0 Å². The number of hydrogen-bond acceptors (Lipinski definition) is 5. The fourth-order valence-corrected chi connectivity index (χ4v) is 2.31. The average Bonchev–Trinajstić information content (AvgIpc) is 2.73. The molecule has 16 heavy (non-hydrogen) atoms. The summed E-state index contributed by atoms with van der Waals surface area (Å²) in [5.41, 5.74) is 0.575. The number of anilines is 1. The van der Waals surface area contributed by atoms with Gasteiger partial charge >= 0.3 is 0 Å². The Balaban J connectivity index is 2.17. The fraction of sp³-hybridized carbons (Fsp3) is 0.222. The van der Waals surface area contributed by atoms with Crippen LogP contribution < -0.4 is 5.32 Å². The molecule has 0 aliphatic rings. The molecule has 2 aromatic rings. The van der Waals surface area contributed by atoms with Gasteiger partial charge in [0.25, 0.3) is 5.91 Å². The molecule has 0 saturated heterocycles. The van der Waals surface area contributed by atoms with Gasteiger partial charge in [0.15, 0.2) is 11.0 Å². The quantitative estimate of drug-likeness (QED) is 0.926. The van der Waals surface area contributed by atoms with Crippen LogP contribution in [0.4, 0.5) is 5.13 Å². The maximum absolute atomic E-state index is 11.8. The van der Waals surface area contributed by atoms with Gasteiger partial charge in [-0.3, -0.25) is 10.1 Å². The molecule has 5 nitrogen and oxygen atoms in total. The van der Waals surface area contributed by atoms with Crippen LogP contribution in [0.3, 0.4) is 0 Å². The standard InChI is InChI=1S/C9H8BrN3O2S/c1-4-7(15-5(2)12-4)8(14)13-9-11-3-6(10)16-9/h3H,1-2H3,(H,11,13,14). The highest BCUT2D eigenvalue weighted by Crippen LogP contribution is 2.23. The number of nitrogens with zero attached hydrogens (tertiary/aromatic N) is 2. The summed E-state index contributed by atoms with van der Waals surface area (Å²) in [4.78, 5) is 19.8. The first-order chi connectivity index (χ1) is 7.56. The summed E-state index contributed by atoms with van der Waals surface area (Å²) in [7, 11) is 0. The van der Waals surface area contributed by atoms with Crippen LogP contribution in [0.2, 0.25) is 0 Å². The Morgan fingerprint density at radius 1 is 1.56 bits per heavy atom. The topological polar surface area (TPSA) is 68.0 Å². The number of carbonyl (C=O) groups excluding carboxylic acids is 1. The maximum Gasteiger partial charge on any atom is 0.295 e. The lowest BCUT2D eigenvalue weighted by atomic mass is 10.3. The van der Waals surface area contributed by atoms with E-state index in [4.69, 9.17) is 4.42 Å². The highest BCUT2D eigenvalue weighted by atomic mass is 79.9. The second-order valence-corrected chi connectivity index (χ2v) is 5.48. The lowest BCUT2D eigenvalue weighted by molar-refractivity contribution is 0.0994. The summed E-state index contributed by atoms with van der Waals surface area (Å²) in [6.45, 7) is 3.42. The fourth-order valence-electron chi connectivity index (χ4n) is 1.21. The van der Waals surface area contributed by atoms with Crippen molar-refractivity contribution in [2.24, 2.45) is 0 Å². The van der Waals surface area contributed by atoms with Gasteiger partial charge in [-0.1, -0.05) is 11.3 Å². The van der Waals surface area contributed by atoms with E-state index in [2.05, 4.69) is 31.2 Å². The van der Waals surface area contributed by atoms with E-state index in [0.717, 1.165) is 3.79 Å². The van der Waals surface area contributed by atoms with E-state index in [1.165, 1.54) is 11.3 Å². The molecule has 1 amide bonds. The number of aryl methyl sites for hydroxylation is 2. The number of amides is 1. The van der Waals surface area contributed by atoms with Crippen molar-refractivity contribution in [1.82, 2.24) is 9.97 Å². The number of rotatable bonds is 2. The zero-order valence-corrected chi connectivity index (χ0v) is 11.0. The second kappa shape index (κ2) is 4.34. The van der Waals surface area contributed by atoms with Crippen molar-refractivity contribution < 1.29 is 9.21 Å². The normalized spacial score (nSPS) is 10.4. The van der Waals surface area contributed by atoms with Crippen molar-refractivity contribution in [3.8, 4) is 0 Å². The zero-order valence-electron chi connectivity index (χ0n) is 8.57. The predicted molar refractivity (Wildman–Crippen MR) is 63.7 cm³/mol. The third-order valence-electron chi connectivity index (χ3n) is 1.81. The Kier molecular flexibility index (Phi) is 3.06. The van der Waals surface area contributed by atoms with Gasteiger partial charge in [0.1, 0.15) is 0 Å². The van der Waals surface area contributed by atoms with Crippen LogP contribution in [0.5, 0.6) is 0 Å². The van der Waals surface area contributed by atoms with Gasteiger partial charge < -0.3 is 4.42 Å². The highest BCUT2D eigenvalue weighted by molar-refractivity contribution is 9.11. The van der Waals surface area contributed by atoms with E-state index in [0.29, 0.717) is 16.7 Å². The molecule has 2 heterocycles. The predicted octanol–water partition coefficient (Wildman–Crippen LogP) is 2.76. The third-order valence-corrected chi connectivity index (χ3v) is 3.20. The van der Waals surface area contributed by atoms with Crippen LogP contribution in [-0.2, 0) is 0 Å². The van der Waals surface area contributed by atoms with E-state index in [1.807, 2.05) is 0 Å². The van der Waals surface area contributed by atoms with E-state index >= 15 is 0 Å². The molecular weight excluding hydrogens is 294 g/mol. The van der Waals surface area contributed by atoms with Crippen LogP contribution in [0, 0.1) is 13.8 Å². The molecule has 0 atom stereocenters. The number of hydrogen-bond donors (Lipinski definition) is 1. The van der Waals surface area contributed by atoms with Gasteiger partial charge in [0.05, 0.1) is 15.7 Å². The average molecular weight is 302 g/mol. The van der Waals surface area contributed by atoms with Crippen LogP contribution in [0.1, 0.15) is 22.1 Å². The summed E-state index contributed by atoms with van der Waals surface area (Å²) >= 11 is 4.60. The number of carbonyl (C=O) groups is 1. The van der Waals surface area contributed by atoms with Crippen molar-refractivity contribution in [2.75, 3.05) is 5.32 Å². The van der Waals surface area contributed by atoms with Crippen LogP contribution >= 0.6 is 27.3 Å². The molecule has 0 aromatic carbocycles. The Bertz CT molecular complexity index is 535. The first-order valence-corrected chi connectivity index (χ1v) is 6.04. The molecule has 0 aliphatic carbocycles. The molecule has 0 unspecified atom stereocenters. The smallest absolute Gasteiger partial charge is 0.295 e. The van der Waals surface area contributed by atoms with Gasteiger partial charge in [-0.15, -0.1) is 0 Å². The molecule has 0 spiro atoms. The van der Waals surface area contributed by atoms with Crippen molar-refractivity contribution in [3.05, 3.63) is 27.3 Å². The Labute approximate surface area is 104 Å². The first-order valence-electron chi connectivity index (χ1n) is 4.43. The first kappa shape index (κ1) is 11.3. The maximum atomic E-state index is 11.8. The molecule has 0 fully saturated rings. The van der Waals surface area contributed by atoms with Gasteiger partial charge in [-0.25, -0.2) is 9.97 Å². The van der Waals surface area contributed by atoms with E-state index in [-0.39, 0.29) is 11.7 Å². The van der Waals surface area contributed by atoms with Crippen LogP contribution in [0.25, 0.3) is 0 Å². The number of halogens is 1. The monoisotopic (exact) mass is 301 g/mol. The number of oxazole rings is 1. The highest BCUT2D eigenvalue weighted by Gasteiger charge is 2.16. The van der Waals surface area contributed by atoms with E-state index in [1.54, 1.807) is 20.0 Å². The molecule has 0 saturated carbocycles. The molecule has 0 radical (unpaired) electrons. The van der Waals surface area contributed by atoms with Crippen LogP contribution in [0.15, 0.2) is 14.4 Å². The molecule has 2 aromatic heterocycles. The van der Waals surface area contributed by atoms with Gasteiger partial charge in [0, 0.05) is 6.92 Å². The molecule has 1 N–H and O–H groups in total. The minimum Gasteiger partial charge on any atom is -0.436 e. The lowest BCUT2D eigenvalue weighted by Gasteiger charge is -1.97. The third kappa shape index (κ3) is 2.30. The molecule has 84 valence electrons. The Morgan fingerprint density at radius 2 is 2.31 bits per heavy atom. The SMILES string of the molecule is Cc1nc(C)c(C(=O)Nc2ncc(Br)s2)o1. The molecule has 0 aliphatic heterocycles. The number of thiazole rings is 1. The Morgan fingerprint density at radius 3 is 2.81 bits per heavy atom. The van der Waals surface area contributed by atoms with E-state index in [9.17, 15) is 4.79 Å². The van der Waals surface area contributed by atoms with Crippen molar-refractivity contribution in [1.29, 1.82) is 0 Å². The molecule has 7 heteroatoms. The van der Waals surface area contributed by atoms with Crippen LogP contribution in [-0.4, -0.2) is 15.9 Å². The largest absolute Gasteiger partial charge is 0.436 e. The Hall–Kier alpha value is -1.21. The van der Waals surface area contributed by atoms with Crippen molar-refractivity contribution in [2.45, 2.75) is 13.8 Å². The zero-order chi connectivity index (χ0) is 11.7. The van der Waals surface area contributed by atoms with Gasteiger partial charge in [-0.2, -0.15) is 0 Å². The number of nitrogens with one attached hydrogen (secondary N) is 1. The van der Waals surface area contributed by atoms with Crippen molar-refractivity contribution >= 4 is 38.3 Å². The minimum atomic E-state index is -0.333. The summed E-state index contributed by atoms with van der Waals surface area (Å²) in [6, 6.07) is 0. The molecule has 0 bridgehead atoms. The van der Waals surface area contributed by atoms with E-state index < -0.39 is 0 Å². The molecular formula is C9H8BrN3O2S. The van der Waals surface area contributed by atoms with Gasteiger partial charge in [0.2, 0.25) is 5.76 Å². The van der Waals surface area contributed by atoms with Gasteiger partial charge in [-0.05, 0) is 22.9 Å². The summed E-state index contributed by atoms with van der Waals surface area (Å²) in [5, 5.41) is 3.16. The summed E-state index contributed by atoms with van der Waals surface area (Å²) in [5.74, 6) is 0.367. The second-order valence-electron chi connectivity index (χ2n) is 3.07. The number of aromatic nitrogens is 2. The minimum absolute atomic E-state index is 0.226. The lowest BCUT2D eigenvalue weighted by Crippen LogP contribution is -2.11. The summed E-state index contributed by atoms with van der Waals surface area (Å²) < 4.78 is 6.05. The summed E-state index contributed by atoms with van der Waals surface area (Å²) in [6.07, 6.45) is 1.62.